The normalized spacial score (nSPS) is 16.1. The van der Waals surface area contributed by atoms with E-state index < -0.39 is 11.6 Å². The molecule has 0 aliphatic carbocycles. The lowest BCUT2D eigenvalue weighted by molar-refractivity contribution is -0.303. The zero-order valence-corrected chi connectivity index (χ0v) is 21.2. The maximum Gasteiger partial charge on any atom is 0.351 e. The summed E-state index contributed by atoms with van der Waals surface area (Å²) in [6.07, 6.45) is 6.57. The fourth-order valence-corrected chi connectivity index (χ4v) is 3.72. The third kappa shape index (κ3) is 7.54. The van der Waals surface area contributed by atoms with Gasteiger partial charge in [0.25, 0.3) is 0 Å². The summed E-state index contributed by atoms with van der Waals surface area (Å²) in [5.41, 5.74) is 13.1. The highest BCUT2D eigenvalue weighted by atomic mass is 16.8. The fourth-order valence-electron chi connectivity index (χ4n) is 3.72. The lowest BCUT2D eigenvalue weighted by Crippen LogP contribution is -2.33. The van der Waals surface area contributed by atoms with E-state index in [2.05, 4.69) is 33.8 Å². The number of nitrogens with two attached hydrogens (primary N) is 2. The van der Waals surface area contributed by atoms with E-state index in [1.165, 1.54) is 24.5 Å². The Labute approximate surface area is 212 Å². The van der Waals surface area contributed by atoms with Crippen LogP contribution in [0.3, 0.4) is 0 Å². The molecule has 1 aromatic carbocycles. The minimum absolute atomic E-state index is 0.0236. The number of aryl methyl sites for hydroxylation is 1. The highest BCUT2D eigenvalue weighted by molar-refractivity contribution is 6.09. The smallest absolute Gasteiger partial charge is 0.351 e. The van der Waals surface area contributed by atoms with Gasteiger partial charge in [-0.15, -0.1) is 0 Å². The van der Waals surface area contributed by atoms with Crippen LogP contribution in [-0.4, -0.2) is 63.2 Å². The van der Waals surface area contributed by atoms with Crippen LogP contribution in [0.4, 0.5) is 5.82 Å². The maximum atomic E-state index is 10.8. The Morgan fingerprint density at radius 2 is 1.89 bits per heavy atom. The molecule has 0 radical (unpaired) electrons. The molecular weight excluding hydrogens is 458 g/mol. The number of pyridine rings is 1. The van der Waals surface area contributed by atoms with Crippen molar-refractivity contribution in [1.29, 1.82) is 0 Å². The minimum atomic E-state index is -2.72. The van der Waals surface area contributed by atoms with Crippen molar-refractivity contribution in [1.82, 2.24) is 9.88 Å². The summed E-state index contributed by atoms with van der Waals surface area (Å²) in [5, 5.41) is 31.5. The van der Waals surface area contributed by atoms with Crippen LogP contribution in [0.25, 0.3) is 5.57 Å². The van der Waals surface area contributed by atoms with E-state index in [-0.39, 0.29) is 23.2 Å². The van der Waals surface area contributed by atoms with Gasteiger partial charge in [0.2, 0.25) is 0 Å². The third-order valence-electron chi connectivity index (χ3n) is 5.73. The van der Waals surface area contributed by atoms with Gasteiger partial charge in [-0.25, -0.2) is 4.98 Å². The number of benzene rings is 1. The number of aliphatic hydroxyl groups is 3. The van der Waals surface area contributed by atoms with E-state index in [1.807, 2.05) is 0 Å². The van der Waals surface area contributed by atoms with Crippen molar-refractivity contribution >= 4 is 17.6 Å². The average Bonchev–Trinajstić information content (AvgIpc) is 2.80. The van der Waals surface area contributed by atoms with E-state index in [4.69, 9.17) is 16.2 Å². The summed E-state index contributed by atoms with van der Waals surface area (Å²) in [6.45, 7) is 6.89. The summed E-state index contributed by atoms with van der Waals surface area (Å²) in [7, 11) is 2.09. The SMILES string of the molecule is Cc1cc(C#CC(C)(C)O)cc(C(O)(O)Oc2cc(C(C=NC3CCN(C)CC3)=CN)cnc2N)c1. The molecule has 0 saturated carbocycles. The monoisotopic (exact) mass is 493 g/mol. The number of piperidine rings is 1. The highest BCUT2D eigenvalue weighted by Crippen LogP contribution is 2.30. The van der Waals surface area contributed by atoms with E-state index in [0.29, 0.717) is 16.7 Å². The summed E-state index contributed by atoms with van der Waals surface area (Å²) >= 11 is 0. The average molecular weight is 494 g/mol. The number of anilines is 1. The molecule has 0 atom stereocenters. The first-order valence-electron chi connectivity index (χ1n) is 11.8. The van der Waals surface area contributed by atoms with E-state index in [9.17, 15) is 15.3 Å². The summed E-state index contributed by atoms with van der Waals surface area (Å²) in [4.78, 5) is 11.1. The number of nitrogen functional groups attached to an aromatic ring is 1. The first kappa shape index (κ1) is 27.2. The van der Waals surface area contributed by atoms with E-state index in [1.54, 1.807) is 39.1 Å². The lowest BCUT2D eigenvalue weighted by Gasteiger charge is -2.26. The number of likely N-dealkylation sites (tertiary alicyclic amines) is 1. The summed E-state index contributed by atoms with van der Waals surface area (Å²) < 4.78 is 5.52. The van der Waals surface area contributed by atoms with Crippen LogP contribution in [0.1, 0.15) is 48.9 Å². The first-order chi connectivity index (χ1) is 16.9. The second-order valence-corrected chi connectivity index (χ2v) is 9.65. The number of aliphatic imine (C=N–C) groups is 1. The Morgan fingerprint density at radius 3 is 2.53 bits per heavy atom. The van der Waals surface area contributed by atoms with Crippen LogP contribution in [0, 0.1) is 18.8 Å². The van der Waals surface area contributed by atoms with Crippen molar-refractivity contribution in [3.8, 4) is 17.6 Å². The van der Waals surface area contributed by atoms with Crippen molar-refractivity contribution in [2.45, 2.75) is 51.2 Å². The molecule has 1 saturated heterocycles. The molecule has 2 heterocycles. The van der Waals surface area contributed by atoms with Gasteiger partial charge in [0, 0.05) is 35.3 Å². The second-order valence-electron chi connectivity index (χ2n) is 9.65. The van der Waals surface area contributed by atoms with Crippen molar-refractivity contribution in [2.75, 3.05) is 25.9 Å². The van der Waals surface area contributed by atoms with Gasteiger partial charge < -0.3 is 36.4 Å². The largest absolute Gasteiger partial charge is 0.432 e. The minimum Gasteiger partial charge on any atom is -0.432 e. The molecule has 1 aliphatic rings. The number of hydrogen-bond acceptors (Lipinski definition) is 9. The summed E-state index contributed by atoms with van der Waals surface area (Å²) in [5.74, 6) is 2.76. The Bertz CT molecular complexity index is 1200. The number of rotatable bonds is 6. The van der Waals surface area contributed by atoms with Crippen molar-refractivity contribution < 1.29 is 20.1 Å². The first-order valence-corrected chi connectivity index (χ1v) is 11.8. The highest BCUT2D eigenvalue weighted by Gasteiger charge is 2.31. The van der Waals surface area contributed by atoms with Gasteiger partial charge in [0.05, 0.1) is 11.6 Å². The number of allylic oxidation sites excluding steroid dienone is 1. The molecule has 0 amide bonds. The Hall–Kier alpha value is -3.42. The van der Waals surface area contributed by atoms with Crippen molar-refractivity contribution in [3.63, 3.8) is 0 Å². The molecular formula is C27H35N5O4. The molecule has 0 bridgehead atoms. The van der Waals surface area contributed by atoms with Crippen LogP contribution in [0.2, 0.25) is 0 Å². The molecule has 2 aromatic rings. The van der Waals surface area contributed by atoms with Crippen molar-refractivity contribution in [2.24, 2.45) is 10.7 Å². The molecule has 7 N–H and O–H groups in total. The summed E-state index contributed by atoms with van der Waals surface area (Å²) in [6, 6.07) is 6.54. The van der Waals surface area contributed by atoms with Gasteiger partial charge >= 0.3 is 5.97 Å². The van der Waals surface area contributed by atoms with E-state index >= 15 is 0 Å². The Kier molecular flexibility index (Phi) is 8.38. The molecule has 9 heteroatoms. The standard InChI is InChI=1S/C27H35N5O4/c1-18-11-19(5-8-26(2,3)33)13-22(12-18)27(34,35)36-24-14-20(16-31-25(24)29)21(15-28)17-30-23-6-9-32(4)10-7-23/h11-17,23,33-35H,6-7,9-10,28H2,1-4H3,(H2,29,31). The Balaban J connectivity index is 1.84. The van der Waals surface area contributed by atoms with Gasteiger partial charge in [0.15, 0.2) is 11.6 Å². The van der Waals surface area contributed by atoms with Gasteiger partial charge in [-0.3, -0.25) is 4.99 Å². The molecule has 0 spiro atoms. The zero-order valence-electron chi connectivity index (χ0n) is 21.2. The van der Waals surface area contributed by atoms with Crippen LogP contribution < -0.4 is 16.2 Å². The zero-order chi connectivity index (χ0) is 26.5. The maximum absolute atomic E-state index is 10.8. The topological polar surface area (TPSA) is 150 Å². The third-order valence-corrected chi connectivity index (χ3v) is 5.73. The van der Waals surface area contributed by atoms with Gasteiger partial charge in [-0.1, -0.05) is 11.8 Å². The number of hydrogen-bond donors (Lipinski definition) is 5. The van der Waals surface area contributed by atoms with Gasteiger partial charge in [0.1, 0.15) is 5.60 Å². The molecule has 1 aromatic heterocycles. The molecule has 0 unspecified atom stereocenters. The van der Waals surface area contributed by atoms with E-state index in [0.717, 1.165) is 31.5 Å². The molecule has 1 fully saturated rings. The predicted molar refractivity (Wildman–Crippen MR) is 141 cm³/mol. The molecule has 36 heavy (non-hydrogen) atoms. The van der Waals surface area contributed by atoms with Crippen LogP contribution in [0.5, 0.6) is 5.75 Å². The number of nitrogens with zero attached hydrogens (tertiary/aromatic N) is 3. The lowest BCUT2D eigenvalue weighted by atomic mass is 10.0. The molecule has 9 nitrogen and oxygen atoms in total. The Morgan fingerprint density at radius 1 is 1.19 bits per heavy atom. The fraction of sp³-hybridized carbons (Fsp3) is 0.407. The molecule has 192 valence electrons. The van der Waals surface area contributed by atoms with Crippen LogP contribution >= 0.6 is 0 Å². The molecule has 3 rings (SSSR count). The molecule has 1 aliphatic heterocycles. The second kappa shape index (κ2) is 11.1. The number of aromatic nitrogens is 1. The quantitative estimate of drug-likeness (QED) is 0.232. The van der Waals surface area contributed by atoms with Crippen molar-refractivity contribution in [3.05, 3.63) is 58.9 Å². The van der Waals surface area contributed by atoms with Crippen LogP contribution in [0.15, 0.2) is 41.7 Å². The predicted octanol–water partition coefficient (Wildman–Crippen LogP) is 1.73. The number of ether oxygens (including phenoxy) is 1. The van der Waals surface area contributed by atoms with Gasteiger partial charge in [-0.05, 0) is 83.6 Å². The van der Waals surface area contributed by atoms with Crippen LogP contribution in [-0.2, 0) is 5.97 Å². The van der Waals surface area contributed by atoms with Gasteiger partial charge in [-0.2, -0.15) is 0 Å².